The third kappa shape index (κ3) is 2.75. The lowest BCUT2D eigenvalue weighted by atomic mass is 10.1. The second-order valence-corrected chi connectivity index (χ2v) is 5.59. The minimum Gasteiger partial charge on any atom is -0.489 e. The van der Waals surface area contributed by atoms with E-state index in [0.717, 1.165) is 11.7 Å². The number of hydrogen-bond donors (Lipinski definition) is 0. The molecule has 1 nitrogen and oxygen atoms in total. The van der Waals surface area contributed by atoms with Crippen LogP contribution in [0.3, 0.4) is 0 Å². The van der Waals surface area contributed by atoms with E-state index in [2.05, 4.69) is 40.2 Å². The van der Waals surface area contributed by atoms with Crippen LogP contribution in [0.25, 0.3) is 0 Å². The molecule has 18 heavy (non-hydrogen) atoms. The number of hydrogen-bond acceptors (Lipinski definition) is 1. The Morgan fingerprint density at radius 3 is 2.56 bits per heavy atom. The Morgan fingerprint density at radius 2 is 1.83 bits per heavy atom. The standard InChI is InChI=1S/C16H15BrO/c17-16-9-8-14(10-15(16)13-6-7-13)18-11-12-4-2-1-3-5-12/h1-5,8-10,13H,6-7,11H2. The Hall–Kier alpha value is -1.28. The van der Waals surface area contributed by atoms with Crippen molar-refractivity contribution in [2.24, 2.45) is 0 Å². The van der Waals surface area contributed by atoms with Crippen LogP contribution in [0.4, 0.5) is 0 Å². The summed E-state index contributed by atoms with van der Waals surface area (Å²) < 4.78 is 7.05. The molecule has 0 aromatic heterocycles. The number of halogens is 1. The maximum absolute atomic E-state index is 5.84. The normalized spacial score (nSPS) is 14.5. The van der Waals surface area contributed by atoms with Crippen LogP contribution in [0.15, 0.2) is 53.0 Å². The van der Waals surface area contributed by atoms with Crippen LogP contribution in [0.2, 0.25) is 0 Å². The van der Waals surface area contributed by atoms with E-state index in [0.29, 0.717) is 6.61 Å². The van der Waals surface area contributed by atoms with E-state index >= 15 is 0 Å². The lowest BCUT2D eigenvalue weighted by Crippen LogP contribution is -1.95. The van der Waals surface area contributed by atoms with E-state index in [-0.39, 0.29) is 0 Å². The van der Waals surface area contributed by atoms with Crippen molar-refractivity contribution in [3.8, 4) is 5.75 Å². The zero-order valence-electron chi connectivity index (χ0n) is 10.1. The van der Waals surface area contributed by atoms with E-state index in [1.807, 2.05) is 24.3 Å². The first-order valence-corrected chi connectivity index (χ1v) is 7.08. The Balaban J connectivity index is 1.71. The summed E-state index contributed by atoms with van der Waals surface area (Å²) in [5, 5.41) is 0. The Labute approximate surface area is 116 Å². The summed E-state index contributed by atoms with van der Waals surface area (Å²) in [6.07, 6.45) is 2.61. The first-order valence-electron chi connectivity index (χ1n) is 6.29. The van der Waals surface area contributed by atoms with Gasteiger partial charge in [-0.3, -0.25) is 0 Å². The van der Waals surface area contributed by atoms with Crippen LogP contribution in [0, 0.1) is 0 Å². The molecule has 1 aliphatic rings. The van der Waals surface area contributed by atoms with Gasteiger partial charge < -0.3 is 4.74 Å². The summed E-state index contributed by atoms with van der Waals surface area (Å²) >= 11 is 3.61. The molecule has 2 heteroatoms. The van der Waals surface area contributed by atoms with Gasteiger partial charge in [-0.2, -0.15) is 0 Å². The molecule has 1 fully saturated rings. The first-order chi connectivity index (χ1) is 8.83. The molecule has 0 saturated heterocycles. The fourth-order valence-electron chi connectivity index (χ4n) is 2.06. The maximum atomic E-state index is 5.84. The zero-order chi connectivity index (χ0) is 12.4. The number of benzene rings is 2. The van der Waals surface area contributed by atoms with Crippen LogP contribution < -0.4 is 4.74 Å². The van der Waals surface area contributed by atoms with Gasteiger partial charge in [0.05, 0.1) is 0 Å². The minimum absolute atomic E-state index is 0.632. The lowest BCUT2D eigenvalue weighted by molar-refractivity contribution is 0.306. The average Bonchev–Trinajstić information content (AvgIpc) is 3.23. The number of rotatable bonds is 4. The van der Waals surface area contributed by atoms with Crippen molar-refractivity contribution >= 4 is 15.9 Å². The van der Waals surface area contributed by atoms with Crippen molar-refractivity contribution in [2.75, 3.05) is 0 Å². The van der Waals surface area contributed by atoms with Crippen LogP contribution in [0.5, 0.6) is 5.75 Å². The smallest absolute Gasteiger partial charge is 0.120 e. The van der Waals surface area contributed by atoms with Gasteiger partial charge in [-0.25, -0.2) is 0 Å². The molecule has 0 amide bonds. The van der Waals surface area contributed by atoms with Crippen LogP contribution >= 0.6 is 15.9 Å². The SMILES string of the molecule is Brc1ccc(OCc2ccccc2)cc1C1CC1. The third-order valence-corrected chi connectivity index (χ3v) is 3.96. The molecule has 0 unspecified atom stereocenters. The molecule has 1 aliphatic carbocycles. The highest BCUT2D eigenvalue weighted by molar-refractivity contribution is 9.10. The second-order valence-electron chi connectivity index (χ2n) is 4.73. The summed E-state index contributed by atoms with van der Waals surface area (Å²) in [7, 11) is 0. The third-order valence-electron chi connectivity index (χ3n) is 3.23. The molecule has 0 atom stereocenters. The molecule has 0 heterocycles. The summed E-state index contributed by atoms with van der Waals surface area (Å²) in [4.78, 5) is 0. The molecular weight excluding hydrogens is 288 g/mol. The van der Waals surface area contributed by atoms with E-state index in [9.17, 15) is 0 Å². The molecule has 0 N–H and O–H groups in total. The molecule has 2 aromatic carbocycles. The Bertz CT molecular complexity index is 532. The largest absolute Gasteiger partial charge is 0.489 e. The highest BCUT2D eigenvalue weighted by atomic mass is 79.9. The monoisotopic (exact) mass is 302 g/mol. The fourth-order valence-corrected chi connectivity index (χ4v) is 2.63. The van der Waals surface area contributed by atoms with Crippen LogP contribution in [-0.2, 0) is 6.61 Å². The van der Waals surface area contributed by atoms with Gasteiger partial charge in [0.2, 0.25) is 0 Å². The van der Waals surface area contributed by atoms with Gasteiger partial charge in [0.15, 0.2) is 0 Å². The van der Waals surface area contributed by atoms with Gasteiger partial charge in [0.25, 0.3) is 0 Å². The molecule has 0 bridgehead atoms. The molecular formula is C16H15BrO. The molecule has 3 rings (SSSR count). The van der Waals surface area contributed by atoms with Crippen molar-refractivity contribution in [3.05, 3.63) is 64.1 Å². The van der Waals surface area contributed by atoms with Gasteiger partial charge >= 0.3 is 0 Å². The van der Waals surface area contributed by atoms with Crippen molar-refractivity contribution in [1.82, 2.24) is 0 Å². The van der Waals surface area contributed by atoms with Gasteiger partial charge in [0.1, 0.15) is 12.4 Å². The molecule has 0 radical (unpaired) electrons. The Kier molecular flexibility index (Phi) is 3.37. The molecule has 1 saturated carbocycles. The van der Waals surface area contributed by atoms with Gasteiger partial charge in [-0.15, -0.1) is 0 Å². The lowest BCUT2D eigenvalue weighted by Gasteiger charge is -2.09. The van der Waals surface area contributed by atoms with Gasteiger partial charge in [-0.05, 0) is 48.1 Å². The zero-order valence-corrected chi connectivity index (χ0v) is 11.7. The average molecular weight is 303 g/mol. The van der Waals surface area contributed by atoms with E-state index in [1.165, 1.54) is 28.4 Å². The molecule has 0 aliphatic heterocycles. The first kappa shape index (κ1) is 11.8. The fraction of sp³-hybridized carbons (Fsp3) is 0.250. The predicted octanol–water partition coefficient (Wildman–Crippen LogP) is 4.91. The quantitative estimate of drug-likeness (QED) is 0.780. The van der Waals surface area contributed by atoms with Crippen molar-refractivity contribution in [1.29, 1.82) is 0 Å². The van der Waals surface area contributed by atoms with Gasteiger partial charge in [-0.1, -0.05) is 46.3 Å². The van der Waals surface area contributed by atoms with Gasteiger partial charge in [0, 0.05) is 4.47 Å². The molecule has 92 valence electrons. The highest BCUT2D eigenvalue weighted by Gasteiger charge is 2.25. The summed E-state index contributed by atoms with van der Waals surface area (Å²) in [6, 6.07) is 16.6. The second kappa shape index (κ2) is 5.15. The predicted molar refractivity (Wildman–Crippen MR) is 76.9 cm³/mol. The minimum atomic E-state index is 0.632. The van der Waals surface area contributed by atoms with E-state index < -0.39 is 0 Å². The summed E-state index contributed by atoms with van der Waals surface area (Å²) in [6.45, 7) is 0.632. The van der Waals surface area contributed by atoms with Crippen molar-refractivity contribution in [2.45, 2.75) is 25.4 Å². The van der Waals surface area contributed by atoms with E-state index in [4.69, 9.17) is 4.74 Å². The van der Waals surface area contributed by atoms with Crippen LogP contribution in [-0.4, -0.2) is 0 Å². The maximum Gasteiger partial charge on any atom is 0.120 e. The summed E-state index contributed by atoms with van der Waals surface area (Å²) in [5.74, 6) is 1.70. The molecule has 0 spiro atoms. The van der Waals surface area contributed by atoms with Crippen molar-refractivity contribution in [3.63, 3.8) is 0 Å². The topological polar surface area (TPSA) is 9.23 Å². The Morgan fingerprint density at radius 1 is 1.06 bits per heavy atom. The summed E-state index contributed by atoms with van der Waals surface area (Å²) in [5.41, 5.74) is 2.59. The van der Waals surface area contributed by atoms with E-state index in [1.54, 1.807) is 0 Å². The van der Waals surface area contributed by atoms with Crippen molar-refractivity contribution < 1.29 is 4.74 Å². The van der Waals surface area contributed by atoms with Crippen LogP contribution in [0.1, 0.15) is 29.9 Å². The molecule has 2 aromatic rings. The highest BCUT2D eigenvalue weighted by Crippen LogP contribution is 2.44. The number of ether oxygens (including phenoxy) is 1.